The van der Waals surface area contributed by atoms with Gasteiger partial charge in [0.15, 0.2) is 0 Å². The van der Waals surface area contributed by atoms with Crippen LogP contribution in [0.15, 0.2) is 84.2 Å². The summed E-state index contributed by atoms with van der Waals surface area (Å²) in [6, 6.07) is 17.5. The van der Waals surface area contributed by atoms with E-state index in [0.29, 0.717) is 6.61 Å². The summed E-state index contributed by atoms with van der Waals surface area (Å²) in [5, 5.41) is 1.01. The van der Waals surface area contributed by atoms with Gasteiger partial charge in [-0.3, -0.25) is 14.8 Å². The first-order chi connectivity index (χ1) is 16.2. The summed E-state index contributed by atoms with van der Waals surface area (Å²) >= 11 is 0. The lowest BCUT2D eigenvalue weighted by Gasteiger charge is -2.24. The summed E-state index contributed by atoms with van der Waals surface area (Å²) in [6.07, 6.45) is 11.6. The fourth-order valence-corrected chi connectivity index (χ4v) is 3.95. The monoisotopic (exact) mass is 442 g/mol. The average molecular weight is 443 g/mol. The third-order valence-electron chi connectivity index (χ3n) is 5.84. The lowest BCUT2D eigenvalue weighted by Crippen LogP contribution is -2.27. The fraction of sp³-hybridized carbons (Fsp3) is 0.296. The number of anilines is 1. The third-order valence-corrected chi connectivity index (χ3v) is 5.84. The molecule has 0 aliphatic rings. The van der Waals surface area contributed by atoms with Gasteiger partial charge in [-0.05, 0) is 73.7 Å². The Morgan fingerprint density at radius 3 is 2.55 bits per heavy atom. The third kappa shape index (κ3) is 6.19. The van der Waals surface area contributed by atoms with E-state index in [2.05, 4.69) is 27.0 Å². The molecule has 0 N–H and O–H groups in total. The molecule has 4 aromatic rings. The van der Waals surface area contributed by atoms with Gasteiger partial charge in [-0.1, -0.05) is 6.07 Å². The normalized spacial score (nSPS) is 10.9. The van der Waals surface area contributed by atoms with Gasteiger partial charge in [0, 0.05) is 50.2 Å². The maximum Gasteiger partial charge on any atom is 0.250 e. The molecular weight excluding hydrogens is 412 g/mol. The number of hydrogen-bond donors (Lipinski definition) is 0. The molecule has 0 unspecified atom stereocenters. The van der Waals surface area contributed by atoms with E-state index in [-0.39, 0.29) is 5.56 Å². The number of rotatable bonds is 11. The SMILES string of the molecule is Cn1c(=O)ccc2cc(OCCCCCN(CCc3cccnc3)c3cccnc3)ccc21. The summed E-state index contributed by atoms with van der Waals surface area (Å²) < 4.78 is 7.62. The van der Waals surface area contributed by atoms with Crippen molar-refractivity contribution in [2.45, 2.75) is 25.7 Å². The Bertz CT molecular complexity index is 1210. The molecule has 6 heteroatoms. The Balaban J connectivity index is 1.24. The van der Waals surface area contributed by atoms with Crippen LogP contribution in [0.1, 0.15) is 24.8 Å². The van der Waals surface area contributed by atoms with Crippen LogP contribution in [0.4, 0.5) is 5.69 Å². The first-order valence-corrected chi connectivity index (χ1v) is 11.5. The van der Waals surface area contributed by atoms with Crippen LogP contribution in [-0.2, 0) is 13.5 Å². The summed E-state index contributed by atoms with van der Waals surface area (Å²) in [4.78, 5) is 22.7. The van der Waals surface area contributed by atoms with Gasteiger partial charge in [-0.25, -0.2) is 0 Å². The van der Waals surface area contributed by atoms with Crippen molar-refractivity contribution in [3.8, 4) is 5.75 Å². The molecule has 33 heavy (non-hydrogen) atoms. The van der Waals surface area contributed by atoms with Gasteiger partial charge in [-0.15, -0.1) is 0 Å². The number of aryl methyl sites for hydroxylation is 1. The Morgan fingerprint density at radius 2 is 1.76 bits per heavy atom. The van der Waals surface area contributed by atoms with E-state index in [0.717, 1.165) is 61.1 Å². The van der Waals surface area contributed by atoms with Crippen LogP contribution < -0.4 is 15.2 Å². The quantitative estimate of drug-likeness (QED) is 0.317. The molecule has 4 rings (SSSR count). The van der Waals surface area contributed by atoms with Gasteiger partial charge in [0.2, 0.25) is 0 Å². The minimum absolute atomic E-state index is 0.00284. The first-order valence-electron chi connectivity index (χ1n) is 11.5. The number of fused-ring (bicyclic) bond motifs is 1. The van der Waals surface area contributed by atoms with E-state index in [9.17, 15) is 4.79 Å². The molecule has 0 amide bonds. The predicted molar refractivity (Wildman–Crippen MR) is 133 cm³/mol. The maximum atomic E-state index is 11.8. The van der Waals surface area contributed by atoms with Crippen molar-refractivity contribution < 1.29 is 4.74 Å². The number of unbranched alkanes of at least 4 members (excludes halogenated alkanes) is 2. The first kappa shape index (κ1) is 22.5. The van der Waals surface area contributed by atoms with Crippen molar-refractivity contribution in [3.63, 3.8) is 0 Å². The lowest BCUT2D eigenvalue weighted by atomic mass is 10.1. The van der Waals surface area contributed by atoms with Crippen LogP contribution in [0.3, 0.4) is 0 Å². The van der Waals surface area contributed by atoms with Crippen molar-refractivity contribution in [3.05, 3.63) is 95.3 Å². The Labute approximate surface area is 194 Å². The molecule has 0 saturated carbocycles. The fourth-order valence-electron chi connectivity index (χ4n) is 3.95. The number of nitrogens with zero attached hydrogens (tertiary/aromatic N) is 4. The van der Waals surface area contributed by atoms with Gasteiger partial charge in [0.05, 0.1) is 24.0 Å². The zero-order valence-corrected chi connectivity index (χ0v) is 19.1. The Morgan fingerprint density at radius 1 is 0.909 bits per heavy atom. The highest BCUT2D eigenvalue weighted by Crippen LogP contribution is 2.20. The Kier molecular flexibility index (Phi) is 7.69. The number of ether oxygens (including phenoxy) is 1. The van der Waals surface area contributed by atoms with Crippen LogP contribution in [0.2, 0.25) is 0 Å². The highest BCUT2D eigenvalue weighted by molar-refractivity contribution is 5.80. The molecule has 170 valence electrons. The van der Waals surface area contributed by atoms with E-state index in [1.807, 2.05) is 61.2 Å². The maximum absolute atomic E-state index is 11.8. The molecule has 0 bridgehead atoms. The molecule has 0 aliphatic heterocycles. The van der Waals surface area contributed by atoms with Crippen molar-refractivity contribution >= 4 is 16.6 Å². The van der Waals surface area contributed by atoms with Crippen molar-refractivity contribution in [1.29, 1.82) is 0 Å². The van der Waals surface area contributed by atoms with Crippen LogP contribution in [0.5, 0.6) is 5.75 Å². The van der Waals surface area contributed by atoms with Gasteiger partial charge in [0.25, 0.3) is 5.56 Å². The standard InChI is InChI=1S/C27H30N4O2/c1-30-26-11-10-25(19-23(26)9-12-27(30)32)33-18-4-2-3-16-31(24-8-6-15-29-21-24)17-13-22-7-5-14-28-20-22/h5-12,14-15,19-21H,2-4,13,16-18H2,1H3. The smallest absolute Gasteiger partial charge is 0.250 e. The van der Waals surface area contributed by atoms with Gasteiger partial charge >= 0.3 is 0 Å². The zero-order valence-electron chi connectivity index (χ0n) is 19.1. The molecule has 0 fully saturated rings. The van der Waals surface area contributed by atoms with Crippen LogP contribution in [0.25, 0.3) is 10.9 Å². The topological polar surface area (TPSA) is 60.2 Å². The molecule has 0 aliphatic carbocycles. The summed E-state index contributed by atoms with van der Waals surface area (Å²) in [6.45, 7) is 2.60. The number of benzene rings is 1. The minimum atomic E-state index is -0.00284. The molecular formula is C27H30N4O2. The molecule has 0 radical (unpaired) electrons. The predicted octanol–water partition coefficient (Wildman–Crippen LogP) is 4.63. The zero-order chi connectivity index (χ0) is 22.9. The molecule has 3 heterocycles. The average Bonchev–Trinajstić information content (AvgIpc) is 2.86. The van der Waals surface area contributed by atoms with Crippen LogP contribution >= 0.6 is 0 Å². The number of aromatic nitrogens is 3. The second-order valence-electron chi connectivity index (χ2n) is 8.17. The minimum Gasteiger partial charge on any atom is -0.494 e. The summed E-state index contributed by atoms with van der Waals surface area (Å²) in [5.74, 6) is 0.842. The second kappa shape index (κ2) is 11.3. The van der Waals surface area contributed by atoms with Crippen molar-refractivity contribution in [2.75, 3.05) is 24.6 Å². The van der Waals surface area contributed by atoms with E-state index in [1.165, 1.54) is 5.56 Å². The number of pyridine rings is 3. The Hall–Kier alpha value is -3.67. The molecule has 0 saturated heterocycles. The molecule has 0 atom stereocenters. The van der Waals surface area contributed by atoms with Crippen molar-refractivity contribution in [2.24, 2.45) is 7.05 Å². The summed E-state index contributed by atoms with van der Waals surface area (Å²) in [7, 11) is 1.79. The molecule has 3 aromatic heterocycles. The molecule has 0 spiro atoms. The second-order valence-corrected chi connectivity index (χ2v) is 8.17. The lowest BCUT2D eigenvalue weighted by molar-refractivity contribution is 0.306. The van der Waals surface area contributed by atoms with Gasteiger partial charge in [0.1, 0.15) is 5.75 Å². The van der Waals surface area contributed by atoms with E-state index in [1.54, 1.807) is 17.7 Å². The van der Waals surface area contributed by atoms with Gasteiger partial charge in [-0.2, -0.15) is 0 Å². The highest BCUT2D eigenvalue weighted by atomic mass is 16.5. The van der Waals surface area contributed by atoms with E-state index in [4.69, 9.17) is 4.74 Å². The molecule has 6 nitrogen and oxygen atoms in total. The van der Waals surface area contributed by atoms with Crippen LogP contribution in [-0.4, -0.2) is 34.2 Å². The van der Waals surface area contributed by atoms with E-state index < -0.39 is 0 Å². The van der Waals surface area contributed by atoms with Crippen molar-refractivity contribution in [1.82, 2.24) is 14.5 Å². The van der Waals surface area contributed by atoms with Crippen LogP contribution in [0, 0.1) is 0 Å². The summed E-state index contributed by atoms with van der Waals surface area (Å²) in [5.41, 5.74) is 3.31. The molecule has 1 aromatic carbocycles. The highest BCUT2D eigenvalue weighted by Gasteiger charge is 2.07. The largest absolute Gasteiger partial charge is 0.494 e. The van der Waals surface area contributed by atoms with E-state index >= 15 is 0 Å². The number of hydrogen-bond acceptors (Lipinski definition) is 5. The van der Waals surface area contributed by atoms with Gasteiger partial charge < -0.3 is 14.2 Å².